The van der Waals surface area contributed by atoms with E-state index in [0.29, 0.717) is 28.1 Å². The summed E-state index contributed by atoms with van der Waals surface area (Å²) in [6.07, 6.45) is -0.905. The Morgan fingerprint density at radius 3 is 2.46 bits per heavy atom. The molecule has 1 atom stereocenters. The van der Waals surface area contributed by atoms with Gasteiger partial charge in [-0.25, -0.2) is 4.39 Å². The molecule has 6 nitrogen and oxygen atoms in total. The predicted octanol–water partition coefficient (Wildman–Crippen LogP) is 3.22. The average molecular weight is 425 g/mol. The molecule has 0 fully saturated rings. The third-order valence-corrected chi connectivity index (χ3v) is 3.91. The molecule has 8 heteroatoms. The topological polar surface area (TPSA) is 76.7 Å². The van der Waals surface area contributed by atoms with E-state index in [4.69, 9.17) is 9.47 Å². The van der Waals surface area contributed by atoms with Gasteiger partial charge in [0.2, 0.25) is 0 Å². The number of hydrazine groups is 1. The lowest BCUT2D eigenvalue weighted by molar-refractivity contribution is -0.128. The highest BCUT2D eigenvalue weighted by Crippen LogP contribution is 2.26. The normalized spacial score (nSPS) is 11.4. The molecule has 0 bridgehead atoms. The summed E-state index contributed by atoms with van der Waals surface area (Å²) in [5.41, 5.74) is 4.96. The Morgan fingerprint density at radius 1 is 1.15 bits per heavy atom. The zero-order valence-corrected chi connectivity index (χ0v) is 15.8. The molecule has 0 saturated carbocycles. The molecule has 138 valence electrons. The van der Waals surface area contributed by atoms with Crippen LogP contribution in [0.1, 0.15) is 24.2 Å². The van der Waals surface area contributed by atoms with Crippen LogP contribution in [0.2, 0.25) is 0 Å². The van der Waals surface area contributed by atoms with Gasteiger partial charge in [-0.1, -0.05) is 0 Å². The van der Waals surface area contributed by atoms with E-state index >= 15 is 0 Å². The lowest BCUT2D eigenvalue weighted by Gasteiger charge is -2.16. The summed E-state index contributed by atoms with van der Waals surface area (Å²) in [5, 5.41) is 0. The fraction of sp³-hybridized carbons (Fsp3) is 0.222. The van der Waals surface area contributed by atoms with Gasteiger partial charge in [-0.2, -0.15) is 0 Å². The van der Waals surface area contributed by atoms with Crippen LogP contribution >= 0.6 is 15.9 Å². The maximum atomic E-state index is 13.1. The van der Waals surface area contributed by atoms with Crippen LogP contribution in [0.3, 0.4) is 0 Å². The number of benzene rings is 2. The van der Waals surface area contributed by atoms with Gasteiger partial charge in [-0.15, -0.1) is 0 Å². The first-order chi connectivity index (χ1) is 12.4. The van der Waals surface area contributed by atoms with E-state index in [2.05, 4.69) is 26.8 Å². The molecule has 2 amide bonds. The minimum atomic E-state index is -0.905. The van der Waals surface area contributed by atoms with Gasteiger partial charge in [0.15, 0.2) is 6.10 Å². The van der Waals surface area contributed by atoms with Gasteiger partial charge in [-0.05, 0) is 72.2 Å². The van der Waals surface area contributed by atoms with Crippen molar-refractivity contribution in [1.82, 2.24) is 10.9 Å². The Labute approximate surface area is 158 Å². The van der Waals surface area contributed by atoms with E-state index in [1.807, 2.05) is 6.92 Å². The highest BCUT2D eigenvalue weighted by Gasteiger charge is 2.17. The quantitative estimate of drug-likeness (QED) is 0.697. The van der Waals surface area contributed by atoms with Gasteiger partial charge < -0.3 is 9.47 Å². The largest absolute Gasteiger partial charge is 0.494 e. The Bertz CT molecular complexity index is 783. The summed E-state index contributed by atoms with van der Waals surface area (Å²) in [4.78, 5) is 24.1. The zero-order chi connectivity index (χ0) is 19.1. The molecule has 0 aromatic heterocycles. The summed E-state index contributed by atoms with van der Waals surface area (Å²) in [7, 11) is 0. The SMILES string of the molecule is CCOc1ccc(C(=O)NNC(=O)C(C)Oc2ccc(F)cc2Br)cc1. The van der Waals surface area contributed by atoms with E-state index in [-0.39, 0.29) is 0 Å². The smallest absolute Gasteiger partial charge is 0.279 e. The molecule has 0 heterocycles. The van der Waals surface area contributed by atoms with Crippen molar-refractivity contribution >= 4 is 27.7 Å². The van der Waals surface area contributed by atoms with E-state index in [0.717, 1.165) is 0 Å². The van der Waals surface area contributed by atoms with Gasteiger partial charge in [0.1, 0.15) is 17.3 Å². The van der Waals surface area contributed by atoms with Crippen molar-refractivity contribution in [2.24, 2.45) is 0 Å². The van der Waals surface area contributed by atoms with Crippen molar-refractivity contribution in [3.05, 3.63) is 58.3 Å². The van der Waals surface area contributed by atoms with Crippen molar-refractivity contribution in [3.63, 3.8) is 0 Å². The number of hydrogen-bond acceptors (Lipinski definition) is 4. The molecule has 0 spiro atoms. The van der Waals surface area contributed by atoms with Gasteiger partial charge in [0.25, 0.3) is 11.8 Å². The molecular formula is C18H18BrFN2O4. The molecule has 0 aliphatic rings. The van der Waals surface area contributed by atoms with Crippen LogP contribution in [0, 0.1) is 5.82 Å². The first kappa shape index (κ1) is 19.7. The van der Waals surface area contributed by atoms with Crippen LogP contribution < -0.4 is 20.3 Å². The van der Waals surface area contributed by atoms with E-state index in [1.165, 1.54) is 25.1 Å². The highest BCUT2D eigenvalue weighted by molar-refractivity contribution is 9.10. The van der Waals surface area contributed by atoms with Crippen molar-refractivity contribution in [3.8, 4) is 11.5 Å². The van der Waals surface area contributed by atoms with Gasteiger partial charge in [0.05, 0.1) is 11.1 Å². The highest BCUT2D eigenvalue weighted by atomic mass is 79.9. The Hall–Kier alpha value is -2.61. The van der Waals surface area contributed by atoms with Crippen molar-refractivity contribution < 1.29 is 23.5 Å². The molecule has 2 aromatic carbocycles. The molecule has 0 radical (unpaired) electrons. The summed E-state index contributed by atoms with van der Waals surface area (Å²) in [6, 6.07) is 10.4. The molecule has 0 aliphatic carbocycles. The number of nitrogens with one attached hydrogen (secondary N) is 2. The van der Waals surface area contributed by atoms with E-state index < -0.39 is 23.7 Å². The number of hydrogen-bond donors (Lipinski definition) is 2. The lowest BCUT2D eigenvalue weighted by Crippen LogP contribution is -2.47. The lowest BCUT2D eigenvalue weighted by atomic mass is 10.2. The summed E-state index contributed by atoms with van der Waals surface area (Å²) in [6.45, 7) is 3.90. The number of halogens is 2. The predicted molar refractivity (Wildman–Crippen MR) is 97.4 cm³/mol. The molecule has 0 saturated heterocycles. The second-order valence-electron chi connectivity index (χ2n) is 5.24. The number of amides is 2. The van der Waals surface area contributed by atoms with Crippen LogP contribution in [0.25, 0.3) is 0 Å². The van der Waals surface area contributed by atoms with Crippen LogP contribution in [0.4, 0.5) is 4.39 Å². The first-order valence-corrected chi connectivity index (χ1v) is 8.64. The summed E-state index contributed by atoms with van der Waals surface area (Å²) >= 11 is 3.16. The van der Waals surface area contributed by atoms with Gasteiger partial charge in [-0.3, -0.25) is 20.4 Å². The number of rotatable bonds is 6. The minimum absolute atomic E-state index is 0.312. The summed E-state index contributed by atoms with van der Waals surface area (Å²) in [5.74, 6) is -0.493. The summed E-state index contributed by atoms with van der Waals surface area (Å²) < 4.78 is 24.2. The van der Waals surface area contributed by atoms with Crippen molar-refractivity contribution in [2.75, 3.05) is 6.61 Å². The van der Waals surface area contributed by atoms with Gasteiger partial charge in [0, 0.05) is 5.56 Å². The monoisotopic (exact) mass is 424 g/mol. The standard InChI is InChI=1S/C18H18BrFN2O4/c1-3-25-14-7-4-12(5-8-14)18(24)22-21-17(23)11(2)26-16-9-6-13(20)10-15(16)19/h4-11H,3H2,1-2H3,(H,21,23)(H,22,24). The fourth-order valence-corrected chi connectivity index (χ4v) is 2.42. The minimum Gasteiger partial charge on any atom is -0.494 e. The van der Waals surface area contributed by atoms with Crippen LogP contribution in [0.5, 0.6) is 11.5 Å². The second kappa shape index (κ2) is 9.19. The number of ether oxygens (including phenoxy) is 2. The second-order valence-corrected chi connectivity index (χ2v) is 6.09. The molecular weight excluding hydrogens is 407 g/mol. The number of carbonyl (C=O) groups excluding carboxylic acids is 2. The first-order valence-electron chi connectivity index (χ1n) is 7.85. The zero-order valence-electron chi connectivity index (χ0n) is 14.2. The third kappa shape index (κ3) is 5.45. The molecule has 0 aliphatic heterocycles. The Morgan fingerprint density at radius 2 is 1.85 bits per heavy atom. The fourth-order valence-electron chi connectivity index (χ4n) is 1.98. The van der Waals surface area contributed by atoms with Crippen LogP contribution in [-0.4, -0.2) is 24.5 Å². The Kier molecular flexibility index (Phi) is 6.97. The maximum absolute atomic E-state index is 13.1. The molecule has 1 unspecified atom stereocenters. The Balaban J connectivity index is 1.87. The average Bonchev–Trinajstić information content (AvgIpc) is 2.62. The van der Waals surface area contributed by atoms with Crippen LogP contribution in [-0.2, 0) is 4.79 Å². The maximum Gasteiger partial charge on any atom is 0.279 e. The molecule has 2 N–H and O–H groups in total. The van der Waals surface area contributed by atoms with Crippen molar-refractivity contribution in [2.45, 2.75) is 20.0 Å². The molecule has 2 aromatic rings. The number of carbonyl (C=O) groups is 2. The molecule has 26 heavy (non-hydrogen) atoms. The van der Waals surface area contributed by atoms with Crippen molar-refractivity contribution in [1.29, 1.82) is 0 Å². The molecule has 2 rings (SSSR count). The van der Waals surface area contributed by atoms with Crippen LogP contribution in [0.15, 0.2) is 46.9 Å². The van der Waals surface area contributed by atoms with E-state index in [9.17, 15) is 14.0 Å². The van der Waals surface area contributed by atoms with Gasteiger partial charge >= 0.3 is 0 Å². The van der Waals surface area contributed by atoms with E-state index in [1.54, 1.807) is 24.3 Å². The third-order valence-electron chi connectivity index (χ3n) is 3.29.